The number of amides is 2. The summed E-state index contributed by atoms with van der Waals surface area (Å²) < 4.78 is 0. The van der Waals surface area contributed by atoms with Crippen molar-refractivity contribution in [2.75, 3.05) is 19.6 Å². The fourth-order valence-corrected chi connectivity index (χ4v) is 4.24. The summed E-state index contributed by atoms with van der Waals surface area (Å²) in [6.07, 6.45) is 6.33. The number of rotatable bonds is 5. The molecule has 1 saturated carbocycles. The number of nitrogens with one attached hydrogen (secondary N) is 1. The molecule has 2 fully saturated rings. The molecule has 1 aromatic carbocycles. The summed E-state index contributed by atoms with van der Waals surface area (Å²) in [6, 6.07) is 10.6. The summed E-state index contributed by atoms with van der Waals surface area (Å²) >= 11 is 0. The maximum absolute atomic E-state index is 12.6. The van der Waals surface area contributed by atoms with Crippen molar-refractivity contribution in [2.45, 2.75) is 50.9 Å². The summed E-state index contributed by atoms with van der Waals surface area (Å²) in [5, 5.41) is 3.18. The van der Waals surface area contributed by atoms with Gasteiger partial charge in [-0.25, -0.2) is 0 Å². The van der Waals surface area contributed by atoms with Crippen molar-refractivity contribution in [3.05, 3.63) is 35.9 Å². The van der Waals surface area contributed by atoms with Gasteiger partial charge in [0.1, 0.15) is 0 Å². The van der Waals surface area contributed by atoms with Crippen LogP contribution in [-0.2, 0) is 15.0 Å². The number of nitrogens with zero attached hydrogens (tertiary/aromatic N) is 1. The third-order valence-electron chi connectivity index (χ3n) is 5.76. The van der Waals surface area contributed by atoms with Gasteiger partial charge in [-0.15, -0.1) is 0 Å². The molecule has 1 aromatic rings. The fourth-order valence-electron chi connectivity index (χ4n) is 4.24. The quantitative estimate of drug-likeness (QED) is 0.903. The SMILES string of the molecule is CCN1C[C@@H](C(=O)NCC2(c3ccccc3)CCCCC2)CC1=O. The standard InChI is InChI=1S/C20H28N2O2/c1-2-22-14-16(13-18(22)23)19(24)21-15-20(11-7-4-8-12-20)17-9-5-3-6-10-17/h3,5-6,9-10,16H,2,4,7-8,11-15H2,1H3,(H,21,24)/t16-/m0/s1. The lowest BCUT2D eigenvalue weighted by Crippen LogP contribution is -2.44. The Kier molecular flexibility index (Phi) is 5.22. The molecule has 3 rings (SSSR count). The van der Waals surface area contributed by atoms with Gasteiger partial charge in [0.05, 0.1) is 5.92 Å². The molecular weight excluding hydrogens is 300 g/mol. The molecule has 1 aliphatic heterocycles. The first kappa shape index (κ1) is 17.0. The number of benzene rings is 1. The Labute approximate surface area is 144 Å². The van der Waals surface area contributed by atoms with Gasteiger partial charge in [0, 0.05) is 31.5 Å². The van der Waals surface area contributed by atoms with E-state index in [1.807, 2.05) is 13.0 Å². The van der Waals surface area contributed by atoms with Crippen molar-refractivity contribution in [1.82, 2.24) is 10.2 Å². The third-order valence-corrected chi connectivity index (χ3v) is 5.76. The molecule has 0 unspecified atom stereocenters. The van der Waals surface area contributed by atoms with Crippen molar-refractivity contribution in [1.29, 1.82) is 0 Å². The predicted octanol–water partition coefficient (Wildman–Crippen LogP) is 2.87. The van der Waals surface area contributed by atoms with Crippen LogP contribution in [0, 0.1) is 5.92 Å². The Hall–Kier alpha value is -1.84. The summed E-state index contributed by atoms with van der Waals surface area (Å²) in [6.45, 7) is 3.91. The molecule has 1 N–H and O–H groups in total. The lowest BCUT2D eigenvalue weighted by molar-refractivity contribution is -0.129. The molecule has 0 aromatic heterocycles. The van der Waals surface area contributed by atoms with Crippen LogP contribution in [0.1, 0.15) is 51.0 Å². The number of carbonyl (C=O) groups excluding carboxylic acids is 2. The molecule has 4 heteroatoms. The molecule has 2 aliphatic rings. The van der Waals surface area contributed by atoms with E-state index >= 15 is 0 Å². The molecule has 1 heterocycles. The molecule has 130 valence electrons. The number of carbonyl (C=O) groups is 2. The molecule has 0 radical (unpaired) electrons. The fraction of sp³-hybridized carbons (Fsp3) is 0.600. The van der Waals surface area contributed by atoms with Crippen LogP contribution in [0.25, 0.3) is 0 Å². The van der Waals surface area contributed by atoms with Gasteiger partial charge in [-0.3, -0.25) is 9.59 Å². The lowest BCUT2D eigenvalue weighted by atomic mass is 9.69. The first-order valence-corrected chi connectivity index (χ1v) is 9.26. The van der Waals surface area contributed by atoms with Crippen LogP contribution in [0.4, 0.5) is 0 Å². The van der Waals surface area contributed by atoms with Gasteiger partial charge in [-0.05, 0) is 25.3 Å². The van der Waals surface area contributed by atoms with Gasteiger partial charge in [-0.2, -0.15) is 0 Å². The number of hydrogen-bond acceptors (Lipinski definition) is 2. The van der Waals surface area contributed by atoms with E-state index in [0.29, 0.717) is 26.1 Å². The Morgan fingerprint density at radius 2 is 1.92 bits per heavy atom. The minimum absolute atomic E-state index is 0.0418. The molecule has 0 bridgehead atoms. The first-order chi connectivity index (χ1) is 11.6. The van der Waals surface area contributed by atoms with Crippen molar-refractivity contribution in [3.63, 3.8) is 0 Å². The topological polar surface area (TPSA) is 49.4 Å². The van der Waals surface area contributed by atoms with Crippen molar-refractivity contribution in [2.24, 2.45) is 5.92 Å². The Balaban J connectivity index is 1.66. The van der Waals surface area contributed by atoms with Crippen LogP contribution >= 0.6 is 0 Å². The highest BCUT2D eigenvalue weighted by molar-refractivity contribution is 5.89. The average Bonchev–Trinajstić information content (AvgIpc) is 3.02. The van der Waals surface area contributed by atoms with Crippen LogP contribution in [0.5, 0.6) is 0 Å². The van der Waals surface area contributed by atoms with Crippen LogP contribution < -0.4 is 5.32 Å². The van der Waals surface area contributed by atoms with E-state index in [1.54, 1.807) is 4.90 Å². The van der Waals surface area contributed by atoms with Crippen molar-refractivity contribution >= 4 is 11.8 Å². The third kappa shape index (κ3) is 3.47. The van der Waals surface area contributed by atoms with E-state index < -0.39 is 0 Å². The summed E-state index contributed by atoms with van der Waals surface area (Å²) in [4.78, 5) is 26.2. The summed E-state index contributed by atoms with van der Waals surface area (Å²) in [7, 11) is 0. The van der Waals surface area contributed by atoms with Crippen molar-refractivity contribution < 1.29 is 9.59 Å². The van der Waals surface area contributed by atoms with E-state index in [9.17, 15) is 9.59 Å². The Morgan fingerprint density at radius 3 is 2.54 bits per heavy atom. The van der Waals surface area contributed by atoms with E-state index in [-0.39, 0.29) is 23.1 Å². The average molecular weight is 328 g/mol. The molecule has 2 amide bonds. The van der Waals surface area contributed by atoms with Crippen LogP contribution in [-0.4, -0.2) is 36.3 Å². The number of hydrogen-bond donors (Lipinski definition) is 1. The molecule has 4 nitrogen and oxygen atoms in total. The second kappa shape index (κ2) is 7.37. The normalized spacial score (nSPS) is 23.3. The highest BCUT2D eigenvalue weighted by Gasteiger charge is 2.37. The van der Waals surface area contributed by atoms with Gasteiger partial charge in [0.15, 0.2) is 0 Å². The lowest BCUT2D eigenvalue weighted by Gasteiger charge is -2.38. The van der Waals surface area contributed by atoms with E-state index in [2.05, 4.69) is 29.6 Å². The molecule has 1 saturated heterocycles. The minimum atomic E-state index is -0.186. The first-order valence-electron chi connectivity index (χ1n) is 9.26. The van der Waals surface area contributed by atoms with Gasteiger partial charge < -0.3 is 10.2 Å². The monoisotopic (exact) mass is 328 g/mol. The Morgan fingerprint density at radius 1 is 1.21 bits per heavy atom. The zero-order valence-corrected chi connectivity index (χ0v) is 14.6. The maximum atomic E-state index is 12.6. The zero-order valence-electron chi connectivity index (χ0n) is 14.6. The zero-order chi connectivity index (χ0) is 17.0. The summed E-state index contributed by atoms with van der Waals surface area (Å²) in [5.41, 5.74) is 1.39. The van der Waals surface area contributed by atoms with Crippen LogP contribution in [0.3, 0.4) is 0 Å². The highest BCUT2D eigenvalue weighted by Crippen LogP contribution is 2.39. The predicted molar refractivity (Wildman–Crippen MR) is 94.6 cm³/mol. The van der Waals surface area contributed by atoms with E-state index in [0.717, 1.165) is 12.8 Å². The smallest absolute Gasteiger partial charge is 0.225 e. The molecule has 1 atom stereocenters. The van der Waals surface area contributed by atoms with Gasteiger partial charge in [0.2, 0.25) is 11.8 Å². The minimum Gasteiger partial charge on any atom is -0.355 e. The largest absolute Gasteiger partial charge is 0.355 e. The van der Waals surface area contributed by atoms with Crippen LogP contribution in [0.2, 0.25) is 0 Å². The van der Waals surface area contributed by atoms with Gasteiger partial charge >= 0.3 is 0 Å². The number of likely N-dealkylation sites (tertiary alicyclic amines) is 1. The Bertz CT molecular complexity index is 579. The van der Waals surface area contributed by atoms with E-state index in [4.69, 9.17) is 0 Å². The second-order valence-electron chi connectivity index (χ2n) is 7.26. The van der Waals surface area contributed by atoms with Gasteiger partial charge in [0.25, 0.3) is 0 Å². The summed E-state index contributed by atoms with van der Waals surface area (Å²) in [5.74, 6) is -0.0397. The van der Waals surface area contributed by atoms with E-state index in [1.165, 1.54) is 24.8 Å². The molecule has 1 aliphatic carbocycles. The van der Waals surface area contributed by atoms with Crippen molar-refractivity contribution in [3.8, 4) is 0 Å². The van der Waals surface area contributed by atoms with Crippen LogP contribution in [0.15, 0.2) is 30.3 Å². The highest BCUT2D eigenvalue weighted by atomic mass is 16.2. The molecule has 0 spiro atoms. The molecular formula is C20H28N2O2. The van der Waals surface area contributed by atoms with Gasteiger partial charge in [-0.1, -0.05) is 49.6 Å². The second-order valence-corrected chi connectivity index (χ2v) is 7.26. The molecule has 24 heavy (non-hydrogen) atoms. The maximum Gasteiger partial charge on any atom is 0.225 e.